The summed E-state index contributed by atoms with van der Waals surface area (Å²) in [7, 11) is 0. The molecule has 1 saturated heterocycles. The number of halogens is 4. The standard InChI is InChI=1S/C22H21F3INO3/c1-3-12-22(16-4-8-17(23)9-5-16)13-14-27(20(28)30-22)21(2,26)15-6-10-18(11-7-15)29-19(24)25/h3-11,19H,1,12-14H2,2H3/t21-,22?/m1/s1. The fraction of sp³-hybridized carbons (Fsp3) is 0.318. The summed E-state index contributed by atoms with van der Waals surface area (Å²) in [6, 6.07) is 12.1. The summed E-state index contributed by atoms with van der Waals surface area (Å²) in [6.45, 7) is 3.10. The third-order valence-electron chi connectivity index (χ3n) is 5.20. The van der Waals surface area contributed by atoms with Crippen molar-refractivity contribution in [2.75, 3.05) is 6.54 Å². The van der Waals surface area contributed by atoms with E-state index in [0.717, 1.165) is 5.56 Å². The van der Waals surface area contributed by atoms with Crippen LogP contribution in [0.3, 0.4) is 0 Å². The first kappa shape index (κ1) is 22.5. The SMILES string of the molecule is C=CCC1(c2ccc(F)cc2)CCN([C@@](C)(I)c2ccc(OC(F)F)cc2)C(=O)O1. The lowest BCUT2D eigenvalue weighted by atomic mass is 9.85. The minimum atomic E-state index is -2.90. The van der Waals surface area contributed by atoms with E-state index in [4.69, 9.17) is 4.74 Å². The molecular formula is C22H21F3INO3. The molecule has 30 heavy (non-hydrogen) atoms. The van der Waals surface area contributed by atoms with Gasteiger partial charge < -0.3 is 9.47 Å². The van der Waals surface area contributed by atoms with E-state index in [9.17, 15) is 18.0 Å². The van der Waals surface area contributed by atoms with E-state index >= 15 is 0 Å². The molecule has 1 heterocycles. The molecule has 1 amide bonds. The molecule has 3 rings (SSSR count). The molecule has 2 aromatic carbocycles. The molecule has 8 heteroatoms. The summed E-state index contributed by atoms with van der Waals surface area (Å²) < 4.78 is 47.6. The quantitative estimate of drug-likeness (QED) is 0.181. The van der Waals surface area contributed by atoms with Crippen LogP contribution in [0.1, 0.15) is 30.9 Å². The topological polar surface area (TPSA) is 38.8 Å². The number of nitrogens with zero attached hydrogens (tertiary/aromatic N) is 1. The van der Waals surface area contributed by atoms with Crippen molar-refractivity contribution in [3.05, 3.63) is 78.1 Å². The number of benzene rings is 2. The van der Waals surface area contributed by atoms with Crippen LogP contribution in [-0.2, 0) is 13.9 Å². The number of alkyl halides is 3. The van der Waals surface area contributed by atoms with Gasteiger partial charge in [-0.1, -0.05) is 30.3 Å². The van der Waals surface area contributed by atoms with Gasteiger partial charge in [-0.3, -0.25) is 4.90 Å². The molecule has 0 saturated carbocycles. The molecule has 1 aliphatic heterocycles. The molecule has 0 aliphatic carbocycles. The number of amides is 1. The van der Waals surface area contributed by atoms with Crippen LogP contribution >= 0.6 is 22.6 Å². The Hall–Kier alpha value is -2.23. The summed E-state index contributed by atoms with van der Waals surface area (Å²) in [5.74, 6) is -0.321. The first-order valence-electron chi connectivity index (χ1n) is 9.30. The Morgan fingerprint density at radius 3 is 2.43 bits per heavy atom. The van der Waals surface area contributed by atoms with Crippen LogP contribution in [-0.4, -0.2) is 24.1 Å². The van der Waals surface area contributed by atoms with Crippen molar-refractivity contribution in [3.63, 3.8) is 0 Å². The number of carbonyl (C=O) groups excluding carboxylic acids is 1. The van der Waals surface area contributed by atoms with Gasteiger partial charge in [-0.05, 0) is 64.9 Å². The molecule has 0 aromatic heterocycles. The summed E-state index contributed by atoms with van der Waals surface area (Å²) in [5.41, 5.74) is 0.533. The second-order valence-electron chi connectivity index (χ2n) is 7.12. The van der Waals surface area contributed by atoms with Crippen LogP contribution in [0.4, 0.5) is 18.0 Å². The Morgan fingerprint density at radius 2 is 1.90 bits per heavy atom. The molecule has 2 aromatic rings. The second kappa shape index (κ2) is 8.87. The van der Waals surface area contributed by atoms with Gasteiger partial charge in [-0.2, -0.15) is 8.78 Å². The molecule has 0 bridgehead atoms. The lowest BCUT2D eigenvalue weighted by Gasteiger charge is -2.46. The highest BCUT2D eigenvalue weighted by molar-refractivity contribution is 14.1. The predicted molar refractivity (Wildman–Crippen MR) is 115 cm³/mol. The number of rotatable bonds is 7. The van der Waals surface area contributed by atoms with Crippen LogP contribution in [0.25, 0.3) is 0 Å². The minimum absolute atomic E-state index is 0.0449. The maximum atomic E-state index is 13.4. The van der Waals surface area contributed by atoms with E-state index in [1.54, 1.807) is 35.2 Å². The van der Waals surface area contributed by atoms with Crippen LogP contribution < -0.4 is 4.74 Å². The van der Waals surface area contributed by atoms with Gasteiger partial charge in [0.1, 0.15) is 20.7 Å². The van der Waals surface area contributed by atoms with Crippen molar-refractivity contribution in [3.8, 4) is 5.75 Å². The molecule has 160 valence electrons. The van der Waals surface area contributed by atoms with Gasteiger partial charge in [0.15, 0.2) is 0 Å². The highest BCUT2D eigenvalue weighted by Gasteiger charge is 2.46. The van der Waals surface area contributed by atoms with Gasteiger partial charge in [0, 0.05) is 19.4 Å². The summed E-state index contributed by atoms with van der Waals surface area (Å²) in [4.78, 5) is 14.6. The largest absolute Gasteiger partial charge is 0.437 e. The molecule has 0 N–H and O–H groups in total. The first-order valence-corrected chi connectivity index (χ1v) is 10.4. The average molecular weight is 531 g/mol. The number of hydrogen-bond acceptors (Lipinski definition) is 3. The molecule has 4 nitrogen and oxygen atoms in total. The highest BCUT2D eigenvalue weighted by Crippen LogP contribution is 2.44. The molecule has 0 spiro atoms. The number of hydrogen-bond donors (Lipinski definition) is 0. The fourth-order valence-corrected chi connectivity index (χ4v) is 4.38. The second-order valence-corrected chi connectivity index (χ2v) is 9.22. The van der Waals surface area contributed by atoms with Crippen molar-refractivity contribution < 1.29 is 27.4 Å². The van der Waals surface area contributed by atoms with Crippen molar-refractivity contribution in [1.82, 2.24) is 4.90 Å². The van der Waals surface area contributed by atoms with E-state index in [0.29, 0.717) is 24.9 Å². The van der Waals surface area contributed by atoms with Crippen molar-refractivity contribution in [2.45, 2.75) is 35.5 Å². The van der Waals surface area contributed by atoms with Crippen molar-refractivity contribution in [1.29, 1.82) is 0 Å². The van der Waals surface area contributed by atoms with E-state index in [1.807, 2.05) is 6.92 Å². The lowest BCUT2D eigenvalue weighted by molar-refractivity contribution is -0.0608. The number of carbonyl (C=O) groups is 1. The normalized spacial score (nSPS) is 21.1. The minimum Gasteiger partial charge on any atom is -0.437 e. The smallest absolute Gasteiger partial charge is 0.412 e. The van der Waals surface area contributed by atoms with Gasteiger partial charge >= 0.3 is 12.7 Å². The monoisotopic (exact) mass is 531 g/mol. The maximum absolute atomic E-state index is 13.4. The molecule has 1 fully saturated rings. The number of cyclic esters (lactones) is 1. The number of ether oxygens (including phenoxy) is 2. The maximum Gasteiger partial charge on any atom is 0.412 e. The molecule has 2 atom stereocenters. The Bertz CT molecular complexity index is 903. The molecule has 1 aliphatic rings. The predicted octanol–water partition coefficient (Wildman–Crippen LogP) is 6.35. The van der Waals surface area contributed by atoms with Crippen LogP contribution in [0, 0.1) is 5.82 Å². The van der Waals surface area contributed by atoms with Crippen molar-refractivity contribution in [2.24, 2.45) is 0 Å². The third kappa shape index (κ3) is 4.58. The van der Waals surface area contributed by atoms with E-state index in [-0.39, 0.29) is 11.6 Å². The van der Waals surface area contributed by atoms with Gasteiger partial charge in [0.05, 0.1) is 0 Å². The van der Waals surface area contributed by atoms with Gasteiger partial charge in [-0.15, -0.1) is 6.58 Å². The van der Waals surface area contributed by atoms with Gasteiger partial charge in [0.25, 0.3) is 0 Å². The van der Waals surface area contributed by atoms with E-state index in [1.165, 1.54) is 24.3 Å². The Balaban J connectivity index is 1.83. The summed E-state index contributed by atoms with van der Waals surface area (Å²) in [5, 5.41) is 0. The summed E-state index contributed by atoms with van der Waals surface area (Å²) in [6.07, 6.45) is 2.05. The van der Waals surface area contributed by atoms with Gasteiger partial charge in [0.2, 0.25) is 0 Å². The van der Waals surface area contributed by atoms with Gasteiger partial charge in [-0.25, -0.2) is 9.18 Å². The Labute approximate surface area is 186 Å². The summed E-state index contributed by atoms with van der Waals surface area (Å²) >= 11 is 2.13. The van der Waals surface area contributed by atoms with E-state index in [2.05, 4.69) is 33.9 Å². The average Bonchev–Trinajstić information content (AvgIpc) is 2.68. The van der Waals surface area contributed by atoms with Crippen LogP contribution in [0.15, 0.2) is 61.2 Å². The molecular weight excluding hydrogens is 510 g/mol. The lowest BCUT2D eigenvalue weighted by Crippen LogP contribution is -2.53. The first-order chi connectivity index (χ1) is 14.2. The molecule has 1 unspecified atom stereocenters. The van der Waals surface area contributed by atoms with E-state index < -0.39 is 21.9 Å². The fourth-order valence-electron chi connectivity index (χ4n) is 3.59. The van der Waals surface area contributed by atoms with Crippen LogP contribution in [0.2, 0.25) is 0 Å². The Morgan fingerprint density at radius 1 is 1.27 bits per heavy atom. The zero-order chi connectivity index (χ0) is 21.9. The van der Waals surface area contributed by atoms with Crippen LogP contribution in [0.5, 0.6) is 5.75 Å². The highest BCUT2D eigenvalue weighted by atomic mass is 127. The third-order valence-corrected chi connectivity index (χ3v) is 6.41. The molecule has 0 radical (unpaired) electrons. The van der Waals surface area contributed by atoms with Crippen molar-refractivity contribution >= 4 is 28.7 Å². The Kier molecular flexibility index (Phi) is 6.64. The zero-order valence-electron chi connectivity index (χ0n) is 16.3. The zero-order valence-corrected chi connectivity index (χ0v) is 18.4.